The fourth-order valence-corrected chi connectivity index (χ4v) is 2.89. The van der Waals surface area contributed by atoms with Gasteiger partial charge in [-0.05, 0) is 62.5 Å². The van der Waals surface area contributed by atoms with Crippen molar-refractivity contribution in [1.82, 2.24) is 0 Å². The third-order valence-electron chi connectivity index (χ3n) is 4.22. The SMILES string of the molecule is C=CCCC1=CC=C(C2=CC=C(CCC=C)CC2)CC1. The summed E-state index contributed by atoms with van der Waals surface area (Å²) in [6.45, 7) is 7.59. The monoisotopic (exact) mass is 266 g/mol. The van der Waals surface area contributed by atoms with Crippen molar-refractivity contribution in [3.8, 4) is 0 Å². The fourth-order valence-electron chi connectivity index (χ4n) is 2.89. The minimum Gasteiger partial charge on any atom is -0.103 e. The van der Waals surface area contributed by atoms with Gasteiger partial charge in [0.1, 0.15) is 0 Å². The summed E-state index contributed by atoms with van der Waals surface area (Å²) in [4.78, 5) is 0. The maximum Gasteiger partial charge on any atom is -0.0239 e. The molecular weight excluding hydrogens is 240 g/mol. The minimum absolute atomic E-state index is 1.10. The molecule has 0 N–H and O–H groups in total. The molecule has 0 saturated heterocycles. The van der Waals surface area contributed by atoms with E-state index in [9.17, 15) is 0 Å². The molecule has 0 atom stereocenters. The van der Waals surface area contributed by atoms with Crippen molar-refractivity contribution in [1.29, 1.82) is 0 Å². The molecule has 0 amide bonds. The number of hydrogen-bond acceptors (Lipinski definition) is 0. The molecule has 0 aromatic carbocycles. The van der Waals surface area contributed by atoms with Gasteiger partial charge < -0.3 is 0 Å². The van der Waals surface area contributed by atoms with E-state index >= 15 is 0 Å². The van der Waals surface area contributed by atoms with Gasteiger partial charge in [0.25, 0.3) is 0 Å². The van der Waals surface area contributed by atoms with Gasteiger partial charge >= 0.3 is 0 Å². The van der Waals surface area contributed by atoms with Crippen LogP contribution in [0.1, 0.15) is 51.4 Å². The predicted octanol–water partition coefficient (Wildman–Crippen LogP) is 6.21. The highest BCUT2D eigenvalue weighted by Gasteiger charge is 2.13. The smallest absolute Gasteiger partial charge is 0.0239 e. The standard InChI is InChI=1S/C20H26/c1-3-5-7-17-9-13-19(14-10-17)20-15-11-18(12-16-20)8-6-4-2/h3-4,9,11,13,15H,1-2,5-8,10,12,14,16H2. The van der Waals surface area contributed by atoms with Gasteiger partial charge in [-0.2, -0.15) is 0 Å². The third-order valence-corrected chi connectivity index (χ3v) is 4.22. The van der Waals surface area contributed by atoms with E-state index in [0.717, 1.165) is 12.8 Å². The fraction of sp³-hybridized carbons (Fsp3) is 0.400. The molecule has 0 bridgehead atoms. The zero-order valence-electron chi connectivity index (χ0n) is 12.5. The van der Waals surface area contributed by atoms with Crippen LogP contribution in [0.5, 0.6) is 0 Å². The first-order chi connectivity index (χ1) is 9.83. The summed E-state index contributed by atoms with van der Waals surface area (Å²) in [5.74, 6) is 0. The van der Waals surface area contributed by atoms with Crippen LogP contribution in [0, 0.1) is 0 Å². The molecule has 0 unspecified atom stereocenters. The van der Waals surface area contributed by atoms with Gasteiger partial charge in [0, 0.05) is 0 Å². The van der Waals surface area contributed by atoms with Gasteiger partial charge in [0.05, 0.1) is 0 Å². The van der Waals surface area contributed by atoms with E-state index in [4.69, 9.17) is 0 Å². The first-order valence-corrected chi connectivity index (χ1v) is 7.83. The molecule has 0 heterocycles. The Kier molecular flexibility index (Phi) is 5.86. The highest BCUT2D eigenvalue weighted by atomic mass is 14.2. The molecular formula is C20H26. The molecule has 0 nitrogen and oxygen atoms in total. The van der Waals surface area contributed by atoms with E-state index in [2.05, 4.69) is 37.5 Å². The Morgan fingerprint density at radius 1 is 0.700 bits per heavy atom. The Labute approximate surface area is 124 Å². The largest absolute Gasteiger partial charge is 0.103 e. The van der Waals surface area contributed by atoms with Crippen molar-refractivity contribution in [2.24, 2.45) is 0 Å². The molecule has 0 fully saturated rings. The van der Waals surface area contributed by atoms with Crippen molar-refractivity contribution in [3.63, 3.8) is 0 Å². The van der Waals surface area contributed by atoms with Crippen LogP contribution < -0.4 is 0 Å². The summed E-state index contributed by atoms with van der Waals surface area (Å²) in [7, 11) is 0. The second-order valence-corrected chi connectivity index (χ2v) is 5.69. The van der Waals surface area contributed by atoms with Crippen LogP contribution in [0.15, 0.2) is 71.9 Å². The maximum absolute atomic E-state index is 3.80. The summed E-state index contributed by atoms with van der Waals surface area (Å²) in [5, 5.41) is 0. The average Bonchev–Trinajstić information content (AvgIpc) is 2.52. The molecule has 0 aliphatic heterocycles. The van der Waals surface area contributed by atoms with Gasteiger partial charge in [0.2, 0.25) is 0 Å². The number of hydrogen-bond donors (Lipinski definition) is 0. The van der Waals surface area contributed by atoms with E-state index in [-0.39, 0.29) is 0 Å². The summed E-state index contributed by atoms with van der Waals surface area (Å²) in [6.07, 6.45) is 22.8. The Bertz CT molecular complexity index is 434. The lowest BCUT2D eigenvalue weighted by molar-refractivity contribution is 0.793. The molecule has 0 aromatic heterocycles. The van der Waals surface area contributed by atoms with Crippen molar-refractivity contribution >= 4 is 0 Å². The van der Waals surface area contributed by atoms with E-state index in [0.29, 0.717) is 0 Å². The van der Waals surface area contributed by atoms with Crippen LogP contribution in [0.4, 0.5) is 0 Å². The Balaban J connectivity index is 1.96. The van der Waals surface area contributed by atoms with Crippen LogP contribution in [-0.2, 0) is 0 Å². The van der Waals surface area contributed by atoms with Crippen LogP contribution in [-0.4, -0.2) is 0 Å². The summed E-state index contributed by atoms with van der Waals surface area (Å²) in [6, 6.07) is 0. The average molecular weight is 266 g/mol. The maximum atomic E-state index is 3.80. The molecule has 106 valence electrons. The van der Waals surface area contributed by atoms with E-state index < -0.39 is 0 Å². The van der Waals surface area contributed by atoms with Crippen LogP contribution in [0.3, 0.4) is 0 Å². The topological polar surface area (TPSA) is 0 Å². The Morgan fingerprint density at radius 3 is 1.45 bits per heavy atom. The lowest BCUT2D eigenvalue weighted by Gasteiger charge is -2.20. The first-order valence-electron chi connectivity index (χ1n) is 7.83. The van der Waals surface area contributed by atoms with Crippen LogP contribution >= 0.6 is 0 Å². The molecule has 20 heavy (non-hydrogen) atoms. The van der Waals surface area contributed by atoms with Crippen LogP contribution in [0.25, 0.3) is 0 Å². The van der Waals surface area contributed by atoms with Gasteiger partial charge in [-0.3, -0.25) is 0 Å². The van der Waals surface area contributed by atoms with Gasteiger partial charge in [-0.25, -0.2) is 0 Å². The molecule has 2 aliphatic carbocycles. The highest BCUT2D eigenvalue weighted by Crippen LogP contribution is 2.32. The number of allylic oxidation sites excluding steroid dienone is 10. The molecule has 0 heteroatoms. The normalized spacial score (nSPS) is 18.6. The molecule has 2 aliphatic rings. The van der Waals surface area contributed by atoms with Crippen LogP contribution in [0.2, 0.25) is 0 Å². The summed E-state index contributed by atoms with van der Waals surface area (Å²) in [5.41, 5.74) is 6.25. The van der Waals surface area contributed by atoms with E-state index in [1.54, 1.807) is 22.3 Å². The zero-order valence-corrected chi connectivity index (χ0v) is 12.5. The molecule has 0 saturated carbocycles. The lowest BCUT2D eigenvalue weighted by atomic mass is 9.86. The lowest BCUT2D eigenvalue weighted by Crippen LogP contribution is -2.00. The van der Waals surface area contributed by atoms with Crippen molar-refractivity contribution < 1.29 is 0 Å². The molecule has 2 rings (SSSR count). The Morgan fingerprint density at radius 2 is 1.15 bits per heavy atom. The first kappa shape index (κ1) is 14.8. The van der Waals surface area contributed by atoms with Gasteiger partial charge in [-0.1, -0.05) is 47.6 Å². The second kappa shape index (κ2) is 7.89. The summed E-state index contributed by atoms with van der Waals surface area (Å²) < 4.78 is 0. The van der Waals surface area contributed by atoms with Crippen molar-refractivity contribution in [2.75, 3.05) is 0 Å². The van der Waals surface area contributed by atoms with Crippen molar-refractivity contribution in [3.05, 3.63) is 71.9 Å². The molecule has 0 radical (unpaired) electrons. The zero-order chi connectivity index (χ0) is 14.2. The minimum atomic E-state index is 1.10. The second-order valence-electron chi connectivity index (χ2n) is 5.69. The summed E-state index contributed by atoms with van der Waals surface area (Å²) >= 11 is 0. The van der Waals surface area contributed by atoms with Crippen molar-refractivity contribution in [2.45, 2.75) is 51.4 Å². The molecule has 0 spiro atoms. The van der Waals surface area contributed by atoms with Gasteiger partial charge in [0.15, 0.2) is 0 Å². The van der Waals surface area contributed by atoms with E-state index in [1.165, 1.54) is 38.5 Å². The van der Waals surface area contributed by atoms with E-state index in [1.807, 2.05) is 12.2 Å². The number of rotatable bonds is 7. The molecule has 0 aromatic rings. The third kappa shape index (κ3) is 4.23. The predicted molar refractivity (Wildman–Crippen MR) is 89.7 cm³/mol. The quantitative estimate of drug-likeness (QED) is 0.480. The highest BCUT2D eigenvalue weighted by molar-refractivity contribution is 5.42. The Hall–Kier alpha value is -1.56. The van der Waals surface area contributed by atoms with Gasteiger partial charge in [-0.15, -0.1) is 13.2 Å².